The van der Waals surface area contributed by atoms with Crippen molar-refractivity contribution < 1.29 is 14.6 Å². The lowest BCUT2D eigenvalue weighted by molar-refractivity contribution is -0.148. The summed E-state index contributed by atoms with van der Waals surface area (Å²) < 4.78 is 5.07. The molecular weight excluding hydrogens is 194 g/mol. The molecule has 0 bridgehead atoms. The highest BCUT2D eigenvalue weighted by Gasteiger charge is 2.21. The van der Waals surface area contributed by atoms with Crippen molar-refractivity contribution in [2.45, 2.75) is 19.1 Å². The molecule has 15 heavy (non-hydrogen) atoms. The van der Waals surface area contributed by atoms with Crippen LogP contribution in [0, 0.1) is 0 Å². The van der Waals surface area contributed by atoms with Gasteiger partial charge in [-0.25, -0.2) is 0 Å². The van der Waals surface area contributed by atoms with Crippen LogP contribution in [-0.4, -0.2) is 23.7 Å². The Bertz CT molecular complexity index is 313. The summed E-state index contributed by atoms with van der Waals surface area (Å²) in [6, 6.07) is 8.54. The van der Waals surface area contributed by atoms with E-state index in [-0.39, 0.29) is 6.61 Å². The molecular formula is C11H15NO3. The molecule has 1 unspecified atom stereocenters. The van der Waals surface area contributed by atoms with E-state index in [0.29, 0.717) is 0 Å². The largest absolute Gasteiger partial charge is 0.456 e. The zero-order chi connectivity index (χ0) is 11.3. The van der Waals surface area contributed by atoms with E-state index < -0.39 is 18.1 Å². The third-order valence-corrected chi connectivity index (χ3v) is 2.02. The maximum Gasteiger partial charge on any atom is 0.303 e. The fraction of sp³-hybridized carbons (Fsp3) is 0.364. The molecule has 0 spiro atoms. The van der Waals surface area contributed by atoms with Crippen molar-refractivity contribution in [3.63, 3.8) is 0 Å². The lowest BCUT2D eigenvalue weighted by Crippen LogP contribution is -2.34. The van der Waals surface area contributed by atoms with Gasteiger partial charge in [0, 0.05) is 6.92 Å². The van der Waals surface area contributed by atoms with Crippen LogP contribution in [-0.2, 0) is 9.53 Å². The van der Waals surface area contributed by atoms with Crippen molar-refractivity contribution in [3.8, 4) is 0 Å². The Labute approximate surface area is 88.7 Å². The van der Waals surface area contributed by atoms with Crippen LogP contribution >= 0.6 is 0 Å². The maximum absolute atomic E-state index is 10.9. The van der Waals surface area contributed by atoms with Gasteiger partial charge in [0.05, 0.1) is 12.6 Å². The lowest BCUT2D eigenvalue weighted by Gasteiger charge is -2.22. The first-order valence-electron chi connectivity index (χ1n) is 4.73. The predicted octanol–water partition coefficient (Wildman–Crippen LogP) is 0.610. The molecule has 0 radical (unpaired) electrons. The molecule has 4 nitrogen and oxygen atoms in total. The van der Waals surface area contributed by atoms with Crippen molar-refractivity contribution in [2.75, 3.05) is 6.61 Å². The molecule has 0 heterocycles. The Morgan fingerprint density at radius 3 is 2.53 bits per heavy atom. The summed E-state index contributed by atoms with van der Waals surface area (Å²) >= 11 is 0. The second kappa shape index (κ2) is 5.48. The van der Waals surface area contributed by atoms with Crippen molar-refractivity contribution in [3.05, 3.63) is 35.9 Å². The van der Waals surface area contributed by atoms with E-state index in [1.807, 2.05) is 30.3 Å². The Hall–Kier alpha value is -1.39. The number of carbonyl (C=O) groups excluding carboxylic acids is 1. The molecule has 0 amide bonds. The zero-order valence-corrected chi connectivity index (χ0v) is 8.59. The molecule has 0 aliphatic carbocycles. The normalized spacial score (nSPS) is 14.3. The molecule has 0 aliphatic rings. The van der Waals surface area contributed by atoms with E-state index in [9.17, 15) is 4.79 Å². The highest BCUT2D eigenvalue weighted by molar-refractivity contribution is 5.66. The summed E-state index contributed by atoms with van der Waals surface area (Å²) in [4.78, 5) is 10.9. The van der Waals surface area contributed by atoms with E-state index >= 15 is 0 Å². The van der Waals surface area contributed by atoms with Gasteiger partial charge in [0.2, 0.25) is 0 Å². The van der Waals surface area contributed by atoms with E-state index in [2.05, 4.69) is 0 Å². The monoisotopic (exact) mass is 209 g/mol. The third kappa shape index (κ3) is 3.34. The van der Waals surface area contributed by atoms with E-state index in [1.165, 1.54) is 6.92 Å². The fourth-order valence-electron chi connectivity index (χ4n) is 1.32. The second-order valence-corrected chi connectivity index (χ2v) is 3.29. The van der Waals surface area contributed by atoms with Crippen LogP contribution in [0.5, 0.6) is 0 Å². The van der Waals surface area contributed by atoms with Gasteiger partial charge >= 0.3 is 5.97 Å². The molecule has 0 aliphatic heterocycles. The topological polar surface area (TPSA) is 72.5 Å². The van der Waals surface area contributed by atoms with E-state index in [0.717, 1.165) is 5.56 Å². The van der Waals surface area contributed by atoms with E-state index in [4.69, 9.17) is 15.6 Å². The van der Waals surface area contributed by atoms with Gasteiger partial charge in [0.15, 0.2) is 0 Å². The summed E-state index contributed by atoms with van der Waals surface area (Å²) in [6.07, 6.45) is -0.589. The molecule has 2 atom stereocenters. The molecule has 1 aromatic rings. The number of aliphatic hydroxyl groups is 1. The Morgan fingerprint density at radius 1 is 1.47 bits per heavy atom. The van der Waals surface area contributed by atoms with Gasteiger partial charge in [-0.3, -0.25) is 4.79 Å². The minimum absolute atomic E-state index is 0.229. The molecule has 1 rings (SSSR count). The maximum atomic E-state index is 10.9. The number of hydrogen-bond acceptors (Lipinski definition) is 4. The fourth-order valence-corrected chi connectivity index (χ4v) is 1.32. The van der Waals surface area contributed by atoms with Crippen molar-refractivity contribution in [1.82, 2.24) is 0 Å². The third-order valence-electron chi connectivity index (χ3n) is 2.02. The Balaban J connectivity index is 2.86. The van der Waals surface area contributed by atoms with Crippen LogP contribution in [0.25, 0.3) is 0 Å². The minimum atomic E-state index is -0.601. The van der Waals surface area contributed by atoms with Crippen molar-refractivity contribution in [1.29, 1.82) is 0 Å². The first kappa shape index (κ1) is 11.7. The van der Waals surface area contributed by atoms with Gasteiger partial charge in [-0.2, -0.15) is 0 Å². The Morgan fingerprint density at radius 2 is 2.07 bits per heavy atom. The Kier molecular flexibility index (Phi) is 4.27. The van der Waals surface area contributed by atoms with Gasteiger partial charge in [0.25, 0.3) is 0 Å². The average molecular weight is 209 g/mol. The number of aliphatic hydroxyl groups excluding tert-OH is 1. The van der Waals surface area contributed by atoms with Gasteiger partial charge in [-0.1, -0.05) is 30.3 Å². The molecule has 0 aromatic heterocycles. The van der Waals surface area contributed by atoms with Crippen LogP contribution in [0.15, 0.2) is 30.3 Å². The lowest BCUT2D eigenvalue weighted by atomic mass is 10.0. The summed E-state index contributed by atoms with van der Waals surface area (Å²) in [7, 11) is 0. The SMILES string of the molecule is CC(=O)OC(c1ccccc1)[C@@H](N)CO. The van der Waals surface area contributed by atoms with Crippen LogP contribution in [0.3, 0.4) is 0 Å². The van der Waals surface area contributed by atoms with Gasteiger partial charge in [-0.15, -0.1) is 0 Å². The highest BCUT2D eigenvalue weighted by atomic mass is 16.5. The summed E-state index contributed by atoms with van der Waals surface area (Å²) in [6.45, 7) is 1.09. The van der Waals surface area contributed by atoms with Crippen LogP contribution in [0.2, 0.25) is 0 Å². The molecule has 0 saturated carbocycles. The quantitative estimate of drug-likeness (QED) is 0.713. The number of ether oxygens (including phenoxy) is 1. The summed E-state index contributed by atoms with van der Waals surface area (Å²) in [5, 5.41) is 8.96. The summed E-state index contributed by atoms with van der Waals surface area (Å²) in [5.41, 5.74) is 6.46. The summed E-state index contributed by atoms with van der Waals surface area (Å²) in [5.74, 6) is -0.409. The number of carbonyl (C=O) groups is 1. The first-order valence-corrected chi connectivity index (χ1v) is 4.73. The first-order chi connectivity index (χ1) is 7.15. The number of benzene rings is 1. The van der Waals surface area contributed by atoms with Crippen LogP contribution < -0.4 is 5.73 Å². The number of rotatable bonds is 4. The van der Waals surface area contributed by atoms with Gasteiger partial charge < -0.3 is 15.6 Å². The van der Waals surface area contributed by atoms with Gasteiger partial charge in [-0.05, 0) is 5.56 Å². The zero-order valence-electron chi connectivity index (χ0n) is 8.59. The van der Waals surface area contributed by atoms with E-state index in [1.54, 1.807) is 0 Å². The molecule has 3 N–H and O–H groups in total. The number of esters is 1. The standard InChI is InChI=1S/C11H15NO3/c1-8(14)15-11(10(12)7-13)9-5-3-2-4-6-9/h2-6,10-11,13H,7,12H2,1H3/t10-,11?/m0/s1. The minimum Gasteiger partial charge on any atom is -0.456 e. The highest BCUT2D eigenvalue weighted by Crippen LogP contribution is 2.19. The second-order valence-electron chi connectivity index (χ2n) is 3.29. The predicted molar refractivity (Wildman–Crippen MR) is 56.0 cm³/mol. The van der Waals surface area contributed by atoms with Crippen LogP contribution in [0.1, 0.15) is 18.6 Å². The van der Waals surface area contributed by atoms with Gasteiger partial charge in [0.1, 0.15) is 6.10 Å². The van der Waals surface area contributed by atoms with Crippen LogP contribution in [0.4, 0.5) is 0 Å². The average Bonchev–Trinajstić information content (AvgIpc) is 2.26. The number of hydrogen-bond donors (Lipinski definition) is 2. The molecule has 4 heteroatoms. The smallest absolute Gasteiger partial charge is 0.303 e. The molecule has 0 fully saturated rings. The number of nitrogens with two attached hydrogens (primary N) is 1. The molecule has 82 valence electrons. The van der Waals surface area contributed by atoms with Crippen molar-refractivity contribution in [2.24, 2.45) is 5.73 Å². The van der Waals surface area contributed by atoms with Crippen molar-refractivity contribution >= 4 is 5.97 Å². The molecule has 0 saturated heterocycles. The molecule has 1 aromatic carbocycles.